The van der Waals surface area contributed by atoms with Crippen LogP contribution in [0.2, 0.25) is 10.0 Å². The van der Waals surface area contributed by atoms with Gasteiger partial charge in [-0.2, -0.15) is 4.98 Å². The van der Waals surface area contributed by atoms with E-state index in [0.717, 1.165) is 22.8 Å². The highest BCUT2D eigenvalue weighted by molar-refractivity contribution is 6.32. The van der Waals surface area contributed by atoms with Crippen molar-refractivity contribution in [2.24, 2.45) is 5.73 Å². The second-order valence-corrected chi connectivity index (χ2v) is 8.10. The Bertz CT molecular complexity index is 1650. The number of nitrogens with two attached hydrogens (primary N) is 2. The fraction of sp³-hybridized carbons (Fsp3) is 0.0455. The number of carbonyl (C=O) groups is 1. The molecule has 4 aromatic rings. The zero-order valence-corrected chi connectivity index (χ0v) is 18.3. The van der Waals surface area contributed by atoms with Crippen molar-refractivity contribution in [3.05, 3.63) is 96.2 Å². The summed E-state index contributed by atoms with van der Waals surface area (Å²) in [7, 11) is 0. The molecule has 0 spiro atoms. The maximum absolute atomic E-state index is 14.9. The summed E-state index contributed by atoms with van der Waals surface area (Å²) in [5.41, 5.74) is 9.41. The van der Waals surface area contributed by atoms with Gasteiger partial charge >= 0.3 is 5.63 Å². The van der Waals surface area contributed by atoms with Gasteiger partial charge in [0.05, 0.1) is 16.5 Å². The highest BCUT2D eigenvalue weighted by Gasteiger charge is 2.40. The van der Waals surface area contributed by atoms with E-state index in [-0.39, 0.29) is 55.2 Å². The first-order valence-corrected chi connectivity index (χ1v) is 10.4. The standard InChI is InChI=1S/C22H12Cl2F2N4O4/c23-9-3-1-5-11(25)8(9)7-13-21(32)33-19-16(18(27)31)15(14-10(24)4-2-6-12(14)26)17-20(30(13)19)34-22(28)29-17/h1-7,15H,(H2,27,31)(H2,28,29)/b13-7+/t15-/m1/s1. The Morgan fingerprint density at radius 2 is 1.76 bits per heavy atom. The van der Waals surface area contributed by atoms with Crippen molar-refractivity contribution in [3.63, 3.8) is 0 Å². The summed E-state index contributed by atoms with van der Waals surface area (Å²) < 4.78 is 41.2. The van der Waals surface area contributed by atoms with Gasteiger partial charge in [-0.15, -0.1) is 0 Å². The van der Waals surface area contributed by atoms with Gasteiger partial charge in [-0.3, -0.25) is 4.79 Å². The predicted molar refractivity (Wildman–Crippen MR) is 119 cm³/mol. The van der Waals surface area contributed by atoms with Crippen LogP contribution >= 0.6 is 23.2 Å². The molecule has 1 aliphatic rings. The van der Waals surface area contributed by atoms with Crippen LogP contribution in [-0.2, 0) is 4.79 Å². The van der Waals surface area contributed by atoms with Crippen LogP contribution in [0.5, 0.6) is 0 Å². The van der Waals surface area contributed by atoms with E-state index in [1.54, 1.807) is 0 Å². The Labute approximate surface area is 198 Å². The van der Waals surface area contributed by atoms with Crippen molar-refractivity contribution in [1.29, 1.82) is 0 Å². The summed E-state index contributed by atoms with van der Waals surface area (Å²) in [5, 5.41) is -0.294. The van der Waals surface area contributed by atoms with E-state index in [1.807, 2.05) is 0 Å². The van der Waals surface area contributed by atoms with Gasteiger partial charge in [0.25, 0.3) is 11.9 Å². The Balaban J connectivity index is 1.97. The van der Waals surface area contributed by atoms with Crippen molar-refractivity contribution in [3.8, 4) is 5.88 Å². The maximum Gasteiger partial charge on any atom is 0.362 e. The number of anilines is 1. The summed E-state index contributed by atoms with van der Waals surface area (Å²) in [5.74, 6) is -4.00. The Hall–Kier alpha value is -3.89. The van der Waals surface area contributed by atoms with Crippen LogP contribution in [0.3, 0.4) is 0 Å². The van der Waals surface area contributed by atoms with Crippen LogP contribution in [-0.4, -0.2) is 15.5 Å². The zero-order valence-electron chi connectivity index (χ0n) is 16.8. The highest BCUT2D eigenvalue weighted by atomic mass is 35.5. The second kappa shape index (κ2) is 7.86. The number of oxazole rings is 2. The smallest absolute Gasteiger partial charge is 0.362 e. The fourth-order valence-corrected chi connectivity index (χ4v) is 4.43. The number of carbonyl (C=O) groups excluding carboxylic acids is 1. The molecular weight excluding hydrogens is 493 g/mol. The van der Waals surface area contributed by atoms with Crippen molar-refractivity contribution in [1.82, 2.24) is 9.55 Å². The molecule has 4 N–H and O–H groups in total. The van der Waals surface area contributed by atoms with E-state index in [4.69, 9.17) is 43.5 Å². The molecule has 1 atom stereocenters. The summed E-state index contributed by atoms with van der Waals surface area (Å²) in [6.07, 6.45) is 1.12. The third-order valence-corrected chi connectivity index (χ3v) is 5.98. The molecule has 2 aromatic carbocycles. The minimum Gasteiger partial charge on any atom is -0.406 e. The average Bonchev–Trinajstić information content (AvgIpc) is 3.29. The van der Waals surface area contributed by atoms with Crippen molar-refractivity contribution >= 4 is 46.8 Å². The molecule has 2 aromatic heterocycles. The molecule has 172 valence electrons. The van der Waals surface area contributed by atoms with Gasteiger partial charge in [0.15, 0.2) is 0 Å². The topological polar surface area (TPSA) is 130 Å². The highest BCUT2D eigenvalue weighted by Crippen LogP contribution is 2.41. The van der Waals surface area contributed by atoms with E-state index in [1.165, 1.54) is 24.3 Å². The Kier molecular flexibility index (Phi) is 5.07. The average molecular weight is 505 g/mol. The monoisotopic (exact) mass is 504 g/mol. The quantitative estimate of drug-likeness (QED) is 0.439. The number of nitrogen functional groups attached to an aromatic ring is 1. The second-order valence-electron chi connectivity index (χ2n) is 7.28. The van der Waals surface area contributed by atoms with E-state index in [0.29, 0.717) is 0 Å². The molecule has 0 unspecified atom stereocenters. The molecule has 12 heteroatoms. The lowest BCUT2D eigenvalue weighted by molar-refractivity contribution is -0.113. The van der Waals surface area contributed by atoms with Crippen molar-refractivity contribution in [2.75, 3.05) is 5.73 Å². The Morgan fingerprint density at radius 1 is 1.09 bits per heavy atom. The lowest BCUT2D eigenvalue weighted by atomic mass is 9.86. The van der Waals surface area contributed by atoms with Gasteiger partial charge in [-0.25, -0.2) is 18.1 Å². The SMILES string of the molecule is NC(=O)C1=c2oc(=O)/c(=C\c3c(F)cccc3Cl)n2-c2oc(N)nc2[C@@H]1c1c(F)cccc1Cl. The summed E-state index contributed by atoms with van der Waals surface area (Å²) in [4.78, 5) is 29.5. The van der Waals surface area contributed by atoms with Crippen LogP contribution in [0, 0.1) is 11.6 Å². The molecule has 0 fully saturated rings. The summed E-state index contributed by atoms with van der Waals surface area (Å²) >= 11 is 12.4. The van der Waals surface area contributed by atoms with E-state index in [2.05, 4.69) is 4.98 Å². The predicted octanol–water partition coefficient (Wildman–Crippen LogP) is 2.20. The number of nitrogens with zero attached hydrogens (tertiary/aromatic N) is 2. The summed E-state index contributed by atoms with van der Waals surface area (Å²) in [6, 6.07) is 7.52. The first-order chi connectivity index (χ1) is 16.2. The molecule has 0 aliphatic carbocycles. The molecule has 3 heterocycles. The van der Waals surface area contributed by atoms with Crippen LogP contribution in [0.1, 0.15) is 22.7 Å². The van der Waals surface area contributed by atoms with E-state index >= 15 is 0 Å². The van der Waals surface area contributed by atoms with Crippen LogP contribution in [0.15, 0.2) is 50.0 Å². The van der Waals surface area contributed by atoms with Crippen molar-refractivity contribution in [2.45, 2.75) is 5.92 Å². The molecule has 0 radical (unpaired) electrons. The van der Waals surface area contributed by atoms with E-state index in [9.17, 15) is 18.4 Å². The largest absolute Gasteiger partial charge is 0.406 e. The van der Waals surface area contributed by atoms with Crippen LogP contribution in [0.4, 0.5) is 14.8 Å². The molecule has 0 saturated heterocycles. The molecule has 34 heavy (non-hydrogen) atoms. The minimum absolute atomic E-state index is 0.0122. The fourth-order valence-electron chi connectivity index (χ4n) is 3.94. The lowest BCUT2D eigenvalue weighted by Gasteiger charge is -2.22. The number of hydrogen-bond acceptors (Lipinski definition) is 6. The molecule has 0 saturated carbocycles. The first-order valence-electron chi connectivity index (χ1n) is 9.61. The molecule has 5 rings (SSSR count). The van der Waals surface area contributed by atoms with Crippen molar-refractivity contribution < 1.29 is 22.4 Å². The normalized spacial score (nSPS) is 15.4. The number of aromatic nitrogens is 2. The lowest BCUT2D eigenvalue weighted by Crippen LogP contribution is -2.39. The van der Waals surface area contributed by atoms with Gasteiger partial charge in [0.1, 0.15) is 22.7 Å². The number of primary amides is 1. The zero-order chi connectivity index (χ0) is 24.3. The number of fused-ring (bicyclic) bond motifs is 3. The minimum atomic E-state index is -1.31. The third-order valence-electron chi connectivity index (χ3n) is 5.32. The molecule has 1 amide bonds. The number of halogens is 4. The maximum atomic E-state index is 14.9. The van der Waals surface area contributed by atoms with Gasteiger partial charge in [-0.1, -0.05) is 35.3 Å². The third kappa shape index (κ3) is 3.22. The van der Waals surface area contributed by atoms with Gasteiger partial charge in [-0.05, 0) is 30.3 Å². The summed E-state index contributed by atoms with van der Waals surface area (Å²) in [6.45, 7) is 0. The number of benzene rings is 2. The number of rotatable bonds is 3. The van der Waals surface area contributed by atoms with Crippen LogP contribution in [0.25, 0.3) is 17.5 Å². The Morgan fingerprint density at radius 3 is 2.41 bits per heavy atom. The van der Waals surface area contributed by atoms with Gasteiger partial charge in [0, 0.05) is 16.1 Å². The van der Waals surface area contributed by atoms with Gasteiger partial charge < -0.3 is 20.3 Å². The van der Waals surface area contributed by atoms with Gasteiger partial charge in [0.2, 0.25) is 11.4 Å². The van der Waals surface area contributed by atoms with Crippen LogP contribution < -0.4 is 28.0 Å². The molecule has 0 bridgehead atoms. The molecule has 1 aliphatic heterocycles. The first kappa shape index (κ1) is 21.9. The van der Waals surface area contributed by atoms with E-state index < -0.39 is 29.1 Å². The molecular formula is C22H12Cl2F2N4O4. The molecule has 8 nitrogen and oxygen atoms in total. The number of hydrogen-bond donors (Lipinski definition) is 2. The number of amides is 1.